The molecule has 0 bridgehead atoms. The zero-order valence-electron chi connectivity index (χ0n) is 11.9. The first-order chi connectivity index (χ1) is 8.55. The van der Waals surface area contributed by atoms with Crippen molar-refractivity contribution in [1.82, 2.24) is 5.32 Å². The first kappa shape index (κ1) is 16.2. The number of alkyl carbamates (subject to hydrolysis) is 1. The van der Waals surface area contributed by atoms with E-state index >= 15 is 0 Å². The number of rotatable bonds is 4. The molecule has 1 aliphatic rings. The number of nitrogens with one attached hydrogen (secondary N) is 1. The third-order valence-corrected chi connectivity index (χ3v) is 3.34. The van der Waals surface area contributed by atoms with E-state index in [1.165, 1.54) is 0 Å². The molecule has 1 saturated carbocycles. The van der Waals surface area contributed by atoms with E-state index in [2.05, 4.69) is 5.32 Å². The summed E-state index contributed by atoms with van der Waals surface area (Å²) in [6.07, 6.45) is 2.99. The third-order valence-electron chi connectivity index (χ3n) is 2.78. The molecule has 0 saturated heterocycles. The Hall–Kier alpha value is -0.820. The molecule has 7 heteroatoms. The van der Waals surface area contributed by atoms with Crippen LogP contribution in [0.15, 0.2) is 0 Å². The fourth-order valence-electron chi connectivity index (χ4n) is 2.05. The summed E-state index contributed by atoms with van der Waals surface area (Å²) in [5.41, 5.74) is -0.512. The molecule has 0 aromatic heterocycles. The third kappa shape index (κ3) is 7.37. The lowest BCUT2D eigenvalue weighted by molar-refractivity contribution is 0.0503. The zero-order chi connectivity index (χ0) is 14.7. The van der Waals surface area contributed by atoms with Gasteiger partial charge in [-0.3, -0.25) is 4.18 Å². The Bertz CT molecular complexity index is 412. The number of amides is 1. The molecule has 0 radical (unpaired) electrons. The molecule has 0 aromatic carbocycles. The largest absolute Gasteiger partial charge is 0.444 e. The standard InChI is InChI=1S/C12H23NO5S/c1-12(2,3)18-11(14)13-10-6-5-9(7-10)8-17-19(4,15)16/h9-10H,5-8H2,1-4H3,(H,13,14). The highest BCUT2D eigenvalue weighted by Gasteiger charge is 2.28. The van der Waals surface area contributed by atoms with Gasteiger partial charge in [-0.25, -0.2) is 4.79 Å². The molecule has 19 heavy (non-hydrogen) atoms. The molecule has 1 rings (SSSR count). The van der Waals surface area contributed by atoms with Crippen LogP contribution in [0, 0.1) is 5.92 Å². The van der Waals surface area contributed by atoms with Crippen molar-refractivity contribution in [1.29, 1.82) is 0 Å². The molecule has 0 aliphatic heterocycles. The Balaban J connectivity index is 2.30. The van der Waals surface area contributed by atoms with E-state index in [9.17, 15) is 13.2 Å². The van der Waals surface area contributed by atoms with Crippen molar-refractivity contribution >= 4 is 16.2 Å². The van der Waals surface area contributed by atoms with Crippen molar-refractivity contribution in [3.63, 3.8) is 0 Å². The maximum Gasteiger partial charge on any atom is 0.407 e. The molecule has 2 atom stereocenters. The lowest BCUT2D eigenvalue weighted by Gasteiger charge is -2.21. The van der Waals surface area contributed by atoms with Crippen molar-refractivity contribution in [3.05, 3.63) is 0 Å². The first-order valence-corrected chi connectivity index (χ1v) is 8.21. The van der Waals surface area contributed by atoms with Crippen LogP contribution in [-0.4, -0.2) is 39.0 Å². The smallest absolute Gasteiger partial charge is 0.407 e. The van der Waals surface area contributed by atoms with E-state index in [1.807, 2.05) is 20.8 Å². The van der Waals surface area contributed by atoms with Gasteiger partial charge in [-0.1, -0.05) is 0 Å². The number of carbonyl (C=O) groups is 1. The quantitative estimate of drug-likeness (QED) is 0.797. The highest BCUT2D eigenvalue weighted by atomic mass is 32.2. The zero-order valence-corrected chi connectivity index (χ0v) is 12.7. The van der Waals surface area contributed by atoms with Crippen molar-refractivity contribution in [2.24, 2.45) is 5.92 Å². The van der Waals surface area contributed by atoms with Crippen LogP contribution in [0.25, 0.3) is 0 Å². The molecule has 0 heterocycles. The maximum absolute atomic E-state index is 11.6. The molecule has 6 nitrogen and oxygen atoms in total. The van der Waals surface area contributed by atoms with Crippen LogP contribution in [0.1, 0.15) is 40.0 Å². The summed E-state index contributed by atoms with van der Waals surface area (Å²) in [6, 6.07) is 0.0306. The van der Waals surface area contributed by atoms with Crippen molar-refractivity contribution in [3.8, 4) is 0 Å². The van der Waals surface area contributed by atoms with E-state index in [4.69, 9.17) is 8.92 Å². The number of carbonyl (C=O) groups excluding carboxylic acids is 1. The first-order valence-electron chi connectivity index (χ1n) is 6.39. The van der Waals surface area contributed by atoms with Gasteiger partial charge in [0.1, 0.15) is 5.60 Å². The molecule has 1 fully saturated rings. The predicted octanol–water partition coefficient (Wildman–Crippen LogP) is 1.66. The molecular formula is C12H23NO5S. The minimum absolute atomic E-state index is 0.0306. The van der Waals surface area contributed by atoms with Gasteiger partial charge in [0.05, 0.1) is 12.9 Å². The SMILES string of the molecule is CC(C)(C)OC(=O)NC1CCC(COS(C)(=O)=O)C1. The predicted molar refractivity (Wildman–Crippen MR) is 71.3 cm³/mol. The molecule has 1 amide bonds. The molecule has 1 N–H and O–H groups in total. The van der Waals surface area contributed by atoms with E-state index in [0.717, 1.165) is 25.5 Å². The molecule has 2 unspecified atom stereocenters. The second kappa shape index (κ2) is 6.09. The highest BCUT2D eigenvalue weighted by Crippen LogP contribution is 2.26. The Morgan fingerprint density at radius 3 is 2.47 bits per heavy atom. The normalized spacial score (nSPS) is 24.2. The van der Waals surface area contributed by atoms with Gasteiger partial charge in [0, 0.05) is 6.04 Å². The van der Waals surface area contributed by atoms with Crippen LogP contribution in [0.3, 0.4) is 0 Å². The van der Waals surface area contributed by atoms with Gasteiger partial charge in [-0.2, -0.15) is 8.42 Å². The summed E-state index contributed by atoms with van der Waals surface area (Å²) >= 11 is 0. The minimum atomic E-state index is -3.39. The Labute approximate surface area is 115 Å². The monoisotopic (exact) mass is 293 g/mol. The second-order valence-corrected chi connectivity index (χ2v) is 7.65. The Morgan fingerprint density at radius 1 is 1.32 bits per heavy atom. The van der Waals surface area contributed by atoms with Crippen LogP contribution >= 0.6 is 0 Å². The lowest BCUT2D eigenvalue weighted by atomic mass is 10.1. The van der Waals surface area contributed by atoms with E-state index in [1.54, 1.807) is 0 Å². The van der Waals surface area contributed by atoms with Crippen LogP contribution in [-0.2, 0) is 19.0 Å². The van der Waals surface area contributed by atoms with E-state index in [-0.39, 0.29) is 18.6 Å². The van der Waals surface area contributed by atoms with Gasteiger partial charge >= 0.3 is 6.09 Å². The van der Waals surface area contributed by atoms with Gasteiger partial charge in [-0.15, -0.1) is 0 Å². The summed E-state index contributed by atoms with van der Waals surface area (Å²) in [5, 5.41) is 2.80. The average Bonchev–Trinajstić information content (AvgIpc) is 2.58. The van der Waals surface area contributed by atoms with Crippen molar-refractivity contribution in [2.75, 3.05) is 12.9 Å². The summed E-state index contributed by atoms with van der Waals surface area (Å²) in [7, 11) is -3.39. The van der Waals surface area contributed by atoms with Gasteiger partial charge in [-0.05, 0) is 46.0 Å². The topological polar surface area (TPSA) is 81.7 Å². The number of hydrogen-bond acceptors (Lipinski definition) is 5. The molecule has 0 spiro atoms. The summed E-state index contributed by atoms with van der Waals surface area (Å²) in [6.45, 7) is 5.61. The summed E-state index contributed by atoms with van der Waals surface area (Å²) < 4.78 is 31.7. The number of ether oxygens (including phenoxy) is 1. The molecule has 0 aromatic rings. The van der Waals surface area contributed by atoms with Gasteiger partial charge in [0.25, 0.3) is 10.1 Å². The number of hydrogen-bond donors (Lipinski definition) is 1. The Morgan fingerprint density at radius 2 is 1.95 bits per heavy atom. The van der Waals surface area contributed by atoms with E-state index in [0.29, 0.717) is 0 Å². The fourth-order valence-corrected chi connectivity index (χ4v) is 2.49. The van der Waals surface area contributed by atoms with Gasteiger partial charge in [0.15, 0.2) is 0 Å². The lowest BCUT2D eigenvalue weighted by Crippen LogP contribution is -2.38. The fraction of sp³-hybridized carbons (Fsp3) is 0.917. The van der Waals surface area contributed by atoms with Crippen LogP contribution in [0.2, 0.25) is 0 Å². The van der Waals surface area contributed by atoms with Gasteiger partial charge < -0.3 is 10.1 Å². The molecule has 112 valence electrons. The highest BCUT2D eigenvalue weighted by molar-refractivity contribution is 7.85. The van der Waals surface area contributed by atoms with Crippen LogP contribution in [0.4, 0.5) is 4.79 Å². The summed E-state index contributed by atoms with van der Waals surface area (Å²) in [5.74, 6) is 0.162. The van der Waals surface area contributed by atoms with Gasteiger partial charge in [0.2, 0.25) is 0 Å². The van der Waals surface area contributed by atoms with Crippen molar-refractivity contribution < 1.29 is 22.1 Å². The molecular weight excluding hydrogens is 270 g/mol. The average molecular weight is 293 g/mol. The van der Waals surface area contributed by atoms with Crippen molar-refractivity contribution in [2.45, 2.75) is 51.7 Å². The molecule has 1 aliphatic carbocycles. The second-order valence-electron chi connectivity index (χ2n) is 6.01. The Kier molecular flexibility index (Phi) is 5.20. The summed E-state index contributed by atoms with van der Waals surface area (Å²) in [4.78, 5) is 11.6. The minimum Gasteiger partial charge on any atom is -0.444 e. The van der Waals surface area contributed by atoms with Crippen LogP contribution in [0.5, 0.6) is 0 Å². The van der Waals surface area contributed by atoms with Crippen LogP contribution < -0.4 is 5.32 Å². The maximum atomic E-state index is 11.6. The van der Waals surface area contributed by atoms with E-state index < -0.39 is 21.8 Å².